The summed E-state index contributed by atoms with van der Waals surface area (Å²) in [7, 11) is 1.89. The molecule has 3 N–H and O–H groups in total. The average Bonchev–Trinajstić information content (AvgIpc) is 2.95. The highest BCUT2D eigenvalue weighted by Gasteiger charge is 2.32. The van der Waals surface area contributed by atoms with Gasteiger partial charge in [-0.05, 0) is 31.4 Å². The number of carbonyl (C=O) groups is 2. The molecule has 2 aromatic rings. The van der Waals surface area contributed by atoms with E-state index < -0.39 is 12.1 Å². The Kier molecular flexibility index (Phi) is 6.39. The molecule has 7 nitrogen and oxygen atoms in total. The van der Waals surface area contributed by atoms with Gasteiger partial charge in [0.1, 0.15) is 6.04 Å². The van der Waals surface area contributed by atoms with E-state index in [-0.39, 0.29) is 24.2 Å². The number of hydrogen-bond acceptors (Lipinski definition) is 4. The van der Waals surface area contributed by atoms with Crippen molar-refractivity contribution in [2.75, 3.05) is 4.90 Å². The van der Waals surface area contributed by atoms with Crippen LogP contribution in [0.15, 0.2) is 36.8 Å². The summed E-state index contributed by atoms with van der Waals surface area (Å²) in [4.78, 5) is 31.0. The predicted octanol–water partition coefficient (Wildman–Crippen LogP) is 1.15. The fraction of sp³-hybridized carbons (Fsp3) is 0.389. The van der Waals surface area contributed by atoms with Gasteiger partial charge in [0.15, 0.2) is 0 Å². The second kappa shape index (κ2) is 8.33. The predicted molar refractivity (Wildman–Crippen MR) is 102 cm³/mol. The number of benzene rings is 1. The van der Waals surface area contributed by atoms with Gasteiger partial charge in [0.05, 0.1) is 24.6 Å². The first-order chi connectivity index (χ1) is 12.0. The minimum absolute atomic E-state index is 0. The van der Waals surface area contributed by atoms with E-state index in [1.54, 1.807) is 24.3 Å². The van der Waals surface area contributed by atoms with Crippen molar-refractivity contribution in [2.24, 2.45) is 12.8 Å². The van der Waals surface area contributed by atoms with Gasteiger partial charge in [-0.2, -0.15) is 0 Å². The van der Waals surface area contributed by atoms with Gasteiger partial charge in [-0.25, -0.2) is 4.98 Å². The van der Waals surface area contributed by atoms with E-state index in [1.807, 2.05) is 35.9 Å². The number of anilines is 1. The summed E-state index contributed by atoms with van der Waals surface area (Å²) >= 11 is 0. The third-order valence-corrected chi connectivity index (χ3v) is 4.52. The SMILES string of the molecule is CC(N)C(=O)N[C@H]1CCc2ccccc2N(Cc2cncn2C)C1=O.Cl. The fourth-order valence-corrected chi connectivity index (χ4v) is 3.01. The number of rotatable bonds is 4. The maximum atomic E-state index is 13.1. The molecule has 0 aliphatic carbocycles. The molecule has 1 aromatic carbocycles. The summed E-state index contributed by atoms with van der Waals surface area (Å²) < 4.78 is 1.89. The van der Waals surface area contributed by atoms with Gasteiger partial charge in [-0.15, -0.1) is 12.4 Å². The summed E-state index contributed by atoms with van der Waals surface area (Å²) in [6.45, 7) is 2.01. The quantitative estimate of drug-likeness (QED) is 0.835. The first-order valence-corrected chi connectivity index (χ1v) is 8.38. The molecule has 1 aliphatic rings. The van der Waals surface area contributed by atoms with Crippen LogP contribution < -0.4 is 16.0 Å². The first-order valence-electron chi connectivity index (χ1n) is 8.38. The lowest BCUT2D eigenvalue weighted by molar-refractivity contribution is -0.128. The van der Waals surface area contributed by atoms with Crippen molar-refractivity contribution in [3.05, 3.63) is 48.0 Å². The highest BCUT2D eigenvalue weighted by Crippen LogP contribution is 2.28. The lowest BCUT2D eigenvalue weighted by Gasteiger charge is -2.26. The summed E-state index contributed by atoms with van der Waals surface area (Å²) in [5.74, 6) is -0.440. The molecular formula is C18H24ClN5O2. The van der Waals surface area contributed by atoms with Gasteiger partial charge in [0.25, 0.3) is 0 Å². The van der Waals surface area contributed by atoms with Gasteiger partial charge in [0.2, 0.25) is 11.8 Å². The number of aromatic nitrogens is 2. The van der Waals surface area contributed by atoms with Crippen LogP contribution in [0.25, 0.3) is 0 Å². The zero-order valence-electron chi connectivity index (χ0n) is 14.9. The smallest absolute Gasteiger partial charge is 0.249 e. The highest BCUT2D eigenvalue weighted by molar-refractivity contribution is 6.00. The summed E-state index contributed by atoms with van der Waals surface area (Å²) in [6.07, 6.45) is 4.72. The molecule has 26 heavy (non-hydrogen) atoms. The number of para-hydroxylation sites is 1. The molecule has 0 fully saturated rings. The Morgan fingerprint density at radius 2 is 2.15 bits per heavy atom. The van der Waals surface area contributed by atoms with E-state index in [0.29, 0.717) is 19.4 Å². The van der Waals surface area contributed by atoms with Crippen molar-refractivity contribution in [3.8, 4) is 0 Å². The van der Waals surface area contributed by atoms with Gasteiger partial charge in [-0.3, -0.25) is 9.59 Å². The van der Waals surface area contributed by atoms with Crippen LogP contribution in [0.3, 0.4) is 0 Å². The normalized spacial score (nSPS) is 17.7. The molecule has 2 heterocycles. The Labute approximate surface area is 159 Å². The van der Waals surface area contributed by atoms with Crippen LogP contribution in [-0.4, -0.2) is 33.4 Å². The Bertz CT molecular complexity index is 789. The van der Waals surface area contributed by atoms with E-state index in [9.17, 15) is 9.59 Å². The monoisotopic (exact) mass is 377 g/mol. The van der Waals surface area contributed by atoms with E-state index in [2.05, 4.69) is 10.3 Å². The number of aryl methyl sites for hydroxylation is 2. The standard InChI is InChI=1S/C18H23N5O2.ClH/c1-12(19)17(24)21-15-8-7-13-5-3-4-6-16(13)23(18(15)25)10-14-9-20-11-22(14)2;/h3-6,9,11-12,15H,7-8,10,19H2,1-2H3,(H,21,24);1H/t12?,15-;/m0./s1. The van der Waals surface area contributed by atoms with E-state index in [0.717, 1.165) is 16.9 Å². The third kappa shape index (κ3) is 4.05. The van der Waals surface area contributed by atoms with Crippen LogP contribution in [0.5, 0.6) is 0 Å². The zero-order valence-corrected chi connectivity index (χ0v) is 15.7. The number of carbonyl (C=O) groups excluding carboxylic acids is 2. The Hall–Kier alpha value is -2.38. The lowest BCUT2D eigenvalue weighted by Crippen LogP contribution is -2.51. The van der Waals surface area contributed by atoms with Crippen molar-refractivity contribution >= 4 is 29.9 Å². The van der Waals surface area contributed by atoms with Crippen LogP contribution in [0, 0.1) is 0 Å². The van der Waals surface area contributed by atoms with E-state index in [4.69, 9.17) is 5.73 Å². The van der Waals surface area contributed by atoms with Crippen LogP contribution >= 0.6 is 12.4 Å². The van der Waals surface area contributed by atoms with Crippen LogP contribution in [0.2, 0.25) is 0 Å². The second-order valence-corrected chi connectivity index (χ2v) is 6.44. The third-order valence-electron chi connectivity index (χ3n) is 4.52. The second-order valence-electron chi connectivity index (χ2n) is 6.44. The van der Waals surface area contributed by atoms with Crippen molar-refractivity contribution in [2.45, 2.75) is 38.4 Å². The molecule has 0 saturated carbocycles. The molecule has 140 valence electrons. The van der Waals surface area contributed by atoms with Crippen molar-refractivity contribution in [3.63, 3.8) is 0 Å². The molecule has 1 unspecified atom stereocenters. The largest absolute Gasteiger partial charge is 0.343 e. The van der Waals surface area contributed by atoms with Crippen LogP contribution in [-0.2, 0) is 29.6 Å². The maximum absolute atomic E-state index is 13.1. The average molecular weight is 378 g/mol. The van der Waals surface area contributed by atoms with Crippen molar-refractivity contribution in [1.82, 2.24) is 14.9 Å². The Morgan fingerprint density at radius 1 is 1.42 bits per heavy atom. The number of halogens is 1. The topological polar surface area (TPSA) is 93.2 Å². The minimum atomic E-state index is -0.649. The van der Waals surface area contributed by atoms with Gasteiger partial charge >= 0.3 is 0 Å². The molecule has 2 amide bonds. The number of nitrogens with two attached hydrogens (primary N) is 1. The molecular weight excluding hydrogens is 354 g/mol. The summed E-state index contributed by atoms with van der Waals surface area (Å²) in [5, 5.41) is 2.79. The van der Waals surface area contributed by atoms with Gasteiger partial charge < -0.3 is 20.5 Å². The van der Waals surface area contributed by atoms with E-state index in [1.165, 1.54) is 0 Å². The highest BCUT2D eigenvalue weighted by atomic mass is 35.5. The number of nitrogens with zero attached hydrogens (tertiary/aromatic N) is 3. The molecule has 0 spiro atoms. The minimum Gasteiger partial charge on any atom is -0.343 e. The summed E-state index contributed by atoms with van der Waals surface area (Å²) in [5.41, 5.74) is 8.53. The number of fused-ring (bicyclic) bond motifs is 1. The van der Waals surface area contributed by atoms with Crippen LogP contribution in [0.4, 0.5) is 5.69 Å². The molecule has 0 bridgehead atoms. The lowest BCUT2D eigenvalue weighted by atomic mass is 10.1. The zero-order chi connectivity index (χ0) is 18.0. The number of hydrogen-bond donors (Lipinski definition) is 2. The number of nitrogens with one attached hydrogen (secondary N) is 1. The maximum Gasteiger partial charge on any atom is 0.249 e. The number of imidazole rings is 1. The summed E-state index contributed by atoms with van der Waals surface area (Å²) in [6, 6.07) is 6.62. The van der Waals surface area contributed by atoms with Gasteiger partial charge in [-0.1, -0.05) is 18.2 Å². The number of amides is 2. The first kappa shape index (κ1) is 19.9. The van der Waals surface area contributed by atoms with E-state index >= 15 is 0 Å². The molecule has 2 atom stereocenters. The van der Waals surface area contributed by atoms with Crippen LogP contribution in [0.1, 0.15) is 24.6 Å². The van der Waals surface area contributed by atoms with Crippen molar-refractivity contribution < 1.29 is 9.59 Å². The molecule has 3 rings (SSSR count). The van der Waals surface area contributed by atoms with Gasteiger partial charge in [0, 0.05) is 18.9 Å². The molecule has 0 radical (unpaired) electrons. The Balaban J connectivity index is 0.00000243. The molecule has 1 aromatic heterocycles. The molecule has 8 heteroatoms. The molecule has 0 saturated heterocycles. The fourth-order valence-electron chi connectivity index (χ4n) is 3.01. The van der Waals surface area contributed by atoms with Crippen molar-refractivity contribution in [1.29, 1.82) is 0 Å². The Morgan fingerprint density at radius 3 is 2.81 bits per heavy atom. The molecule has 1 aliphatic heterocycles.